The van der Waals surface area contributed by atoms with E-state index in [4.69, 9.17) is 9.47 Å². The monoisotopic (exact) mass is 505 g/mol. The van der Waals surface area contributed by atoms with Gasteiger partial charge in [-0.2, -0.15) is 0 Å². The van der Waals surface area contributed by atoms with Gasteiger partial charge in [0.05, 0.1) is 18.6 Å². The van der Waals surface area contributed by atoms with Crippen LogP contribution in [0.25, 0.3) is 11.1 Å². The Morgan fingerprint density at radius 3 is 2.44 bits per heavy atom. The Labute approximate surface area is 215 Å². The van der Waals surface area contributed by atoms with Crippen LogP contribution in [0.3, 0.4) is 0 Å². The van der Waals surface area contributed by atoms with Gasteiger partial charge in [0.1, 0.15) is 5.00 Å². The maximum absolute atomic E-state index is 12.9. The van der Waals surface area contributed by atoms with Crippen LogP contribution in [0.4, 0.5) is 5.00 Å². The molecule has 0 bridgehead atoms. The highest BCUT2D eigenvalue weighted by Gasteiger charge is 2.30. The average Bonchev–Trinajstić information content (AvgIpc) is 3.21. The molecular weight excluding hydrogens is 474 g/mol. The Kier molecular flexibility index (Phi) is 8.21. The number of nitrogens with one attached hydrogen (secondary N) is 1. The molecule has 2 unspecified atom stereocenters. The lowest BCUT2D eigenvalue weighted by Gasteiger charge is -2.18. The van der Waals surface area contributed by atoms with E-state index in [9.17, 15) is 14.4 Å². The van der Waals surface area contributed by atoms with E-state index in [0.717, 1.165) is 46.4 Å². The predicted octanol–water partition coefficient (Wildman–Crippen LogP) is 5.83. The molecule has 1 aliphatic rings. The van der Waals surface area contributed by atoms with Crippen LogP contribution in [0.5, 0.6) is 0 Å². The number of hydrogen-bond donors (Lipinski definition) is 1. The van der Waals surface area contributed by atoms with E-state index >= 15 is 0 Å². The quantitative estimate of drug-likeness (QED) is 0.390. The molecule has 188 valence electrons. The lowest BCUT2D eigenvalue weighted by atomic mass is 9.88. The summed E-state index contributed by atoms with van der Waals surface area (Å²) in [7, 11) is 0. The zero-order valence-electron chi connectivity index (χ0n) is 20.8. The summed E-state index contributed by atoms with van der Waals surface area (Å²) >= 11 is 1.41. The number of hydrogen-bond acceptors (Lipinski definition) is 6. The van der Waals surface area contributed by atoms with Crippen molar-refractivity contribution >= 4 is 34.2 Å². The normalized spacial score (nSPS) is 15.5. The van der Waals surface area contributed by atoms with Gasteiger partial charge in [0.25, 0.3) is 5.91 Å². The summed E-state index contributed by atoms with van der Waals surface area (Å²) in [6.45, 7) is 5.73. The Hall–Kier alpha value is -3.45. The van der Waals surface area contributed by atoms with E-state index in [0.29, 0.717) is 16.5 Å². The van der Waals surface area contributed by atoms with E-state index in [2.05, 4.69) is 12.2 Å². The first-order valence-electron chi connectivity index (χ1n) is 12.3. The van der Waals surface area contributed by atoms with Crippen molar-refractivity contribution in [3.8, 4) is 11.1 Å². The predicted molar refractivity (Wildman–Crippen MR) is 141 cm³/mol. The minimum atomic E-state index is -1.01. The number of esters is 2. The molecule has 2 atom stereocenters. The van der Waals surface area contributed by atoms with Gasteiger partial charge >= 0.3 is 11.9 Å². The van der Waals surface area contributed by atoms with E-state index < -0.39 is 23.9 Å². The highest BCUT2D eigenvalue weighted by molar-refractivity contribution is 7.17. The van der Waals surface area contributed by atoms with Crippen LogP contribution in [0.1, 0.15) is 53.6 Å². The number of thiophene rings is 1. The number of anilines is 1. The molecule has 1 aliphatic carbocycles. The third-order valence-electron chi connectivity index (χ3n) is 6.31. The summed E-state index contributed by atoms with van der Waals surface area (Å²) in [5.74, 6) is -0.866. The van der Waals surface area contributed by atoms with Crippen LogP contribution in [0.2, 0.25) is 0 Å². The van der Waals surface area contributed by atoms with Crippen molar-refractivity contribution in [2.24, 2.45) is 5.92 Å². The molecule has 1 amide bonds. The van der Waals surface area contributed by atoms with Gasteiger partial charge in [0, 0.05) is 4.88 Å². The topological polar surface area (TPSA) is 81.7 Å². The molecule has 1 heterocycles. The number of benzene rings is 2. The molecular formula is C29H31NO5S. The van der Waals surface area contributed by atoms with Crippen molar-refractivity contribution in [1.29, 1.82) is 0 Å². The van der Waals surface area contributed by atoms with E-state index in [1.807, 2.05) is 54.6 Å². The van der Waals surface area contributed by atoms with Gasteiger partial charge in [-0.3, -0.25) is 9.59 Å². The molecule has 0 fully saturated rings. The van der Waals surface area contributed by atoms with Crippen LogP contribution in [0, 0.1) is 5.92 Å². The maximum atomic E-state index is 12.9. The molecule has 0 radical (unpaired) electrons. The summed E-state index contributed by atoms with van der Waals surface area (Å²) in [5.41, 5.74) is 4.37. The fraction of sp³-hybridized carbons (Fsp3) is 0.345. The molecule has 6 nitrogen and oxygen atoms in total. The Bertz CT molecular complexity index is 1230. The Balaban J connectivity index is 1.39. The maximum Gasteiger partial charge on any atom is 0.341 e. The van der Waals surface area contributed by atoms with Crippen molar-refractivity contribution in [1.82, 2.24) is 0 Å². The third-order valence-corrected chi connectivity index (χ3v) is 7.48. The van der Waals surface area contributed by atoms with Gasteiger partial charge in [0.2, 0.25) is 0 Å². The Morgan fingerprint density at radius 2 is 1.75 bits per heavy atom. The molecule has 2 aromatic carbocycles. The van der Waals surface area contributed by atoms with Crippen LogP contribution in [-0.2, 0) is 38.3 Å². The summed E-state index contributed by atoms with van der Waals surface area (Å²) in [6, 6.07) is 17.7. The third kappa shape index (κ3) is 6.02. The molecule has 4 rings (SSSR count). The highest BCUT2D eigenvalue weighted by Crippen LogP contribution is 2.40. The highest BCUT2D eigenvalue weighted by atomic mass is 32.1. The second kappa shape index (κ2) is 11.5. The molecule has 0 saturated heterocycles. The standard InChI is InChI=1S/C29H31NO5S/c1-4-34-29(33)26-23-15-10-18(2)16-24(23)36-28(26)30-27(32)19(3)35-25(31)17-20-11-13-22(14-12-20)21-8-6-5-7-9-21/h5-9,11-14,18-19H,4,10,15-17H2,1-3H3,(H,30,32). The van der Waals surface area contributed by atoms with Gasteiger partial charge < -0.3 is 14.8 Å². The van der Waals surface area contributed by atoms with Crippen LogP contribution in [-0.4, -0.2) is 30.6 Å². The SMILES string of the molecule is CCOC(=O)c1c(NC(=O)C(C)OC(=O)Cc2ccc(-c3ccccc3)cc2)sc2c1CCC(C)C2. The number of carbonyl (C=O) groups excluding carboxylic acids is 3. The summed E-state index contributed by atoms with van der Waals surface area (Å²) in [6.07, 6.45) is 1.70. The van der Waals surface area contributed by atoms with Gasteiger partial charge in [0.15, 0.2) is 6.10 Å². The van der Waals surface area contributed by atoms with Crippen molar-refractivity contribution in [3.63, 3.8) is 0 Å². The summed E-state index contributed by atoms with van der Waals surface area (Å²) < 4.78 is 10.7. The van der Waals surface area contributed by atoms with Crippen LogP contribution < -0.4 is 5.32 Å². The summed E-state index contributed by atoms with van der Waals surface area (Å²) in [5, 5.41) is 3.29. The molecule has 1 N–H and O–H groups in total. The molecule has 0 saturated carbocycles. The zero-order chi connectivity index (χ0) is 25.7. The minimum absolute atomic E-state index is 0.0615. The lowest BCUT2D eigenvalue weighted by Crippen LogP contribution is -2.30. The molecule has 0 spiro atoms. The fourth-order valence-electron chi connectivity index (χ4n) is 4.38. The molecule has 1 aromatic heterocycles. The first kappa shape index (κ1) is 25.6. The van der Waals surface area contributed by atoms with Gasteiger partial charge in [-0.15, -0.1) is 11.3 Å². The smallest absolute Gasteiger partial charge is 0.341 e. The average molecular weight is 506 g/mol. The molecule has 36 heavy (non-hydrogen) atoms. The first-order valence-corrected chi connectivity index (χ1v) is 13.1. The van der Waals surface area contributed by atoms with E-state index in [-0.39, 0.29) is 13.0 Å². The second-order valence-electron chi connectivity index (χ2n) is 9.14. The Morgan fingerprint density at radius 1 is 1.06 bits per heavy atom. The molecule has 3 aromatic rings. The van der Waals surface area contributed by atoms with Crippen LogP contribution in [0.15, 0.2) is 54.6 Å². The number of ether oxygens (including phenoxy) is 2. The van der Waals surface area contributed by atoms with Gasteiger partial charge in [-0.25, -0.2) is 4.79 Å². The first-order chi connectivity index (χ1) is 17.4. The zero-order valence-corrected chi connectivity index (χ0v) is 21.7. The van der Waals surface area contributed by atoms with Crippen LogP contribution >= 0.6 is 11.3 Å². The van der Waals surface area contributed by atoms with E-state index in [1.54, 1.807) is 6.92 Å². The fourth-order valence-corrected chi connectivity index (χ4v) is 5.78. The number of fused-ring (bicyclic) bond motifs is 1. The largest absolute Gasteiger partial charge is 0.462 e. The number of amides is 1. The molecule has 7 heteroatoms. The number of carbonyl (C=O) groups is 3. The summed E-state index contributed by atoms with van der Waals surface area (Å²) in [4.78, 5) is 39.2. The van der Waals surface area contributed by atoms with Crippen molar-refractivity contribution < 1.29 is 23.9 Å². The second-order valence-corrected chi connectivity index (χ2v) is 10.2. The van der Waals surface area contributed by atoms with Gasteiger partial charge in [-0.1, -0.05) is 61.5 Å². The van der Waals surface area contributed by atoms with E-state index in [1.165, 1.54) is 18.3 Å². The van der Waals surface area contributed by atoms with Crippen molar-refractivity contribution in [3.05, 3.63) is 76.2 Å². The minimum Gasteiger partial charge on any atom is -0.462 e. The number of rotatable bonds is 8. The lowest BCUT2D eigenvalue weighted by molar-refractivity contribution is -0.152. The molecule has 0 aliphatic heterocycles. The van der Waals surface area contributed by atoms with Crippen molar-refractivity contribution in [2.75, 3.05) is 11.9 Å². The van der Waals surface area contributed by atoms with Gasteiger partial charge in [-0.05, 0) is 61.3 Å². The van der Waals surface area contributed by atoms with Crippen molar-refractivity contribution in [2.45, 2.75) is 52.6 Å².